The Balaban J connectivity index is 2.16. The molecule has 2 rings (SSSR count). The molecule has 0 bridgehead atoms. The molecule has 0 radical (unpaired) electrons. The van der Waals surface area contributed by atoms with Gasteiger partial charge in [0, 0.05) is 17.0 Å². The maximum atomic E-state index is 6.35. The minimum absolute atomic E-state index is 0.298. The SMILES string of the molecule is CCCNC(Cc1ccccc1Cl)C1C(C)OC(C)C1C. The Labute approximate surface area is 134 Å². The fraction of sp³-hybridized carbons (Fsp3) is 0.667. The molecule has 1 heterocycles. The number of rotatable bonds is 6. The predicted octanol–water partition coefficient (Wildman–Crippen LogP) is 4.31. The third-order valence-corrected chi connectivity index (χ3v) is 5.21. The summed E-state index contributed by atoms with van der Waals surface area (Å²) in [5.41, 5.74) is 1.23. The van der Waals surface area contributed by atoms with Crippen molar-refractivity contribution in [2.45, 2.75) is 58.8 Å². The highest BCUT2D eigenvalue weighted by Gasteiger charge is 2.41. The van der Waals surface area contributed by atoms with Crippen molar-refractivity contribution in [2.75, 3.05) is 6.54 Å². The highest BCUT2D eigenvalue weighted by molar-refractivity contribution is 6.31. The molecule has 0 amide bonds. The van der Waals surface area contributed by atoms with Crippen molar-refractivity contribution in [3.05, 3.63) is 34.9 Å². The maximum Gasteiger partial charge on any atom is 0.0597 e. The van der Waals surface area contributed by atoms with Gasteiger partial charge in [0.2, 0.25) is 0 Å². The molecule has 0 spiro atoms. The molecule has 1 fully saturated rings. The summed E-state index contributed by atoms with van der Waals surface area (Å²) in [4.78, 5) is 0. The predicted molar refractivity (Wildman–Crippen MR) is 89.9 cm³/mol. The molecule has 5 unspecified atom stereocenters. The Morgan fingerprint density at radius 3 is 2.48 bits per heavy atom. The molecule has 1 aromatic carbocycles. The number of hydrogen-bond acceptors (Lipinski definition) is 2. The van der Waals surface area contributed by atoms with Crippen LogP contribution < -0.4 is 5.32 Å². The lowest BCUT2D eigenvalue weighted by molar-refractivity contribution is 0.0476. The zero-order valence-electron chi connectivity index (χ0n) is 13.6. The van der Waals surface area contributed by atoms with E-state index >= 15 is 0 Å². The van der Waals surface area contributed by atoms with Gasteiger partial charge in [0.25, 0.3) is 0 Å². The Morgan fingerprint density at radius 2 is 1.90 bits per heavy atom. The van der Waals surface area contributed by atoms with Crippen molar-refractivity contribution < 1.29 is 4.74 Å². The van der Waals surface area contributed by atoms with Crippen LogP contribution in [0.25, 0.3) is 0 Å². The number of halogens is 1. The van der Waals surface area contributed by atoms with Gasteiger partial charge in [0.05, 0.1) is 12.2 Å². The van der Waals surface area contributed by atoms with Gasteiger partial charge in [-0.1, -0.05) is 43.6 Å². The minimum atomic E-state index is 0.298. The van der Waals surface area contributed by atoms with Gasteiger partial charge in [0.15, 0.2) is 0 Å². The summed E-state index contributed by atoms with van der Waals surface area (Å²) in [6.07, 6.45) is 2.74. The van der Waals surface area contributed by atoms with Gasteiger partial charge >= 0.3 is 0 Å². The Bertz CT molecular complexity index is 451. The second-order valence-corrected chi connectivity index (χ2v) is 6.75. The van der Waals surface area contributed by atoms with E-state index in [0.29, 0.717) is 30.1 Å². The maximum absolute atomic E-state index is 6.35. The molecule has 1 aliphatic rings. The average molecular weight is 310 g/mol. The number of hydrogen-bond donors (Lipinski definition) is 1. The van der Waals surface area contributed by atoms with E-state index in [4.69, 9.17) is 16.3 Å². The van der Waals surface area contributed by atoms with Crippen molar-refractivity contribution in [2.24, 2.45) is 11.8 Å². The molecule has 118 valence electrons. The van der Waals surface area contributed by atoms with E-state index in [1.54, 1.807) is 0 Å². The molecule has 1 saturated heterocycles. The lowest BCUT2D eigenvalue weighted by Gasteiger charge is -2.30. The first-order valence-corrected chi connectivity index (χ1v) is 8.54. The minimum Gasteiger partial charge on any atom is -0.375 e. The third-order valence-electron chi connectivity index (χ3n) is 4.84. The van der Waals surface area contributed by atoms with E-state index < -0.39 is 0 Å². The summed E-state index contributed by atoms with van der Waals surface area (Å²) in [6.45, 7) is 9.96. The lowest BCUT2D eigenvalue weighted by atomic mass is 9.81. The summed E-state index contributed by atoms with van der Waals surface area (Å²) >= 11 is 6.35. The van der Waals surface area contributed by atoms with E-state index in [2.05, 4.69) is 45.1 Å². The van der Waals surface area contributed by atoms with Crippen LogP contribution in [0.2, 0.25) is 5.02 Å². The first-order chi connectivity index (χ1) is 10.0. The van der Waals surface area contributed by atoms with Crippen LogP contribution >= 0.6 is 11.6 Å². The van der Waals surface area contributed by atoms with Crippen molar-refractivity contribution in [3.8, 4) is 0 Å². The normalized spacial score (nSPS) is 30.5. The van der Waals surface area contributed by atoms with Crippen LogP contribution in [0.1, 0.15) is 39.7 Å². The number of benzene rings is 1. The molecule has 1 N–H and O–H groups in total. The fourth-order valence-electron chi connectivity index (χ4n) is 3.56. The van der Waals surface area contributed by atoms with Gasteiger partial charge in [0.1, 0.15) is 0 Å². The molecule has 1 aromatic rings. The summed E-state index contributed by atoms with van der Waals surface area (Å²) in [7, 11) is 0. The van der Waals surface area contributed by atoms with Gasteiger partial charge in [-0.05, 0) is 50.8 Å². The molecule has 2 nitrogen and oxygen atoms in total. The van der Waals surface area contributed by atoms with Gasteiger partial charge < -0.3 is 10.1 Å². The summed E-state index contributed by atoms with van der Waals surface area (Å²) < 4.78 is 6.04. The van der Waals surface area contributed by atoms with Crippen molar-refractivity contribution in [1.29, 1.82) is 0 Å². The topological polar surface area (TPSA) is 21.3 Å². The summed E-state index contributed by atoms with van der Waals surface area (Å²) in [5.74, 6) is 1.10. The van der Waals surface area contributed by atoms with Gasteiger partial charge in [-0.15, -0.1) is 0 Å². The van der Waals surface area contributed by atoms with Crippen molar-refractivity contribution in [1.82, 2.24) is 5.32 Å². The second-order valence-electron chi connectivity index (χ2n) is 6.34. The first-order valence-electron chi connectivity index (χ1n) is 8.16. The molecule has 5 atom stereocenters. The van der Waals surface area contributed by atoms with Crippen LogP contribution in [-0.4, -0.2) is 24.8 Å². The smallest absolute Gasteiger partial charge is 0.0597 e. The molecule has 3 heteroatoms. The summed E-state index contributed by atoms with van der Waals surface area (Å²) in [6, 6.07) is 8.59. The Kier molecular flexibility index (Phi) is 6.09. The molecule has 21 heavy (non-hydrogen) atoms. The van der Waals surface area contributed by atoms with E-state index in [9.17, 15) is 0 Å². The quantitative estimate of drug-likeness (QED) is 0.845. The first kappa shape index (κ1) is 16.8. The van der Waals surface area contributed by atoms with Gasteiger partial charge in [-0.25, -0.2) is 0 Å². The largest absolute Gasteiger partial charge is 0.375 e. The standard InChI is InChI=1S/C18H28ClNO/c1-5-10-20-17(11-15-8-6-7-9-16(15)19)18-12(2)13(3)21-14(18)4/h6-9,12-14,17-18,20H,5,10-11H2,1-4H3. The lowest BCUT2D eigenvalue weighted by Crippen LogP contribution is -2.43. The molecule has 0 aromatic heterocycles. The highest BCUT2D eigenvalue weighted by Crippen LogP contribution is 2.36. The van der Waals surface area contributed by atoms with Crippen LogP contribution in [0.3, 0.4) is 0 Å². The third kappa shape index (κ3) is 4.00. The molecular formula is C18H28ClNO. The van der Waals surface area contributed by atoms with Gasteiger partial charge in [-0.3, -0.25) is 0 Å². The van der Waals surface area contributed by atoms with Crippen LogP contribution in [0, 0.1) is 11.8 Å². The highest BCUT2D eigenvalue weighted by atomic mass is 35.5. The van der Waals surface area contributed by atoms with Crippen LogP contribution in [0.5, 0.6) is 0 Å². The van der Waals surface area contributed by atoms with E-state index in [-0.39, 0.29) is 0 Å². The summed E-state index contributed by atoms with van der Waals surface area (Å²) in [5, 5.41) is 4.60. The van der Waals surface area contributed by atoms with Gasteiger partial charge in [-0.2, -0.15) is 0 Å². The average Bonchev–Trinajstić information content (AvgIpc) is 2.71. The fourth-order valence-corrected chi connectivity index (χ4v) is 3.78. The molecule has 0 saturated carbocycles. The molecule has 1 aliphatic heterocycles. The second kappa shape index (κ2) is 7.62. The van der Waals surface area contributed by atoms with Crippen LogP contribution in [0.15, 0.2) is 24.3 Å². The Hall–Kier alpha value is -0.570. The Morgan fingerprint density at radius 1 is 1.19 bits per heavy atom. The molecule has 0 aliphatic carbocycles. The monoisotopic (exact) mass is 309 g/mol. The van der Waals surface area contributed by atoms with Crippen LogP contribution in [0.4, 0.5) is 0 Å². The number of ether oxygens (including phenoxy) is 1. The zero-order valence-corrected chi connectivity index (χ0v) is 14.4. The van der Waals surface area contributed by atoms with Crippen molar-refractivity contribution >= 4 is 11.6 Å². The number of nitrogens with one attached hydrogen (secondary N) is 1. The van der Waals surface area contributed by atoms with Crippen LogP contribution in [-0.2, 0) is 11.2 Å². The molecular weight excluding hydrogens is 282 g/mol. The van der Waals surface area contributed by atoms with Crippen molar-refractivity contribution in [3.63, 3.8) is 0 Å². The van der Waals surface area contributed by atoms with E-state index in [1.165, 1.54) is 5.56 Å². The van der Waals surface area contributed by atoms with E-state index in [1.807, 2.05) is 12.1 Å². The van der Waals surface area contributed by atoms with E-state index in [0.717, 1.165) is 24.4 Å². The zero-order chi connectivity index (χ0) is 15.4.